The molecule has 1 aromatic heterocycles. The number of nitrogens with zero attached hydrogens (tertiary/aromatic N) is 3. The highest BCUT2D eigenvalue weighted by Gasteiger charge is 2.29. The van der Waals surface area contributed by atoms with Crippen molar-refractivity contribution < 1.29 is 14.1 Å². The lowest BCUT2D eigenvalue weighted by Crippen LogP contribution is -2.49. The molecule has 0 aliphatic carbocycles. The van der Waals surface area contributed by atoms with E-state index in [1.54, 1.807) is 47.4 Å². The normalized spacial score (nSPS) is 14.0. The van der Waals surface area contributed by atoms with Crippen LogP contribution < -0.4 is 4.90 Å². The molecule has 7 nitrogen and oxygen atoms in total. The molecule has 1 fully saturated rings. The average Bonchev–Trinajstić information content (AvgIpc) is 3.23. The molecule has 10 heteroatoms. The van der Waals surface area contributed by atoms with Crippen LogP contribution in [0.2, 0.25) is 15.1 Å². The van der Waals surface area contributed by atoms with E-state index in [1.165, 1.54) is 6.07 Å². The van der Waals surface area contributed by atoms with Crippen molar-refractivity contribution in [2.24, 2.45) is 0 Å². The summed E-state index contributed by atoms with van der Waals surface area (Å²) in [5, 5.41) is 12.6. The number of carbonyl (C=O) groups is 1. The molecular formula is C21H16Cl3N3O4. The number of amides is 1. The number of piperazine rings is 1. The van der Waals surface area contributed by atoms with Gasteiger partial charge in [-0.05, 0) is 36.4 Å². The minimum atomic E-state index is -0.453. The molecule has 31 heavy (non-hydrogen) atoms. The number of hydrogen-bond acceptors (Lipinski definition) is 5. The highest BCUT2D eigenvalue weighted by molar-refractivity contribution is 6.36. The first-order chi connectivity index (χ1) is 14.8. The molecule has 2 aromatic carbocycles. The summed E-state index contributed by atoms with van der Waals surface area (Å²) in [6.45, 7) is 1.57. The van der Waals surface area contributed by atoms with E-state index < -0.39 is 4.92 Å². The number of nitro benzene ring substituents is 1. The van der Waals surface area contributed by atoms with Crippen LogP contribution in [0.4, 0.5) is 11.4 Å². The Kier molecular flexibility index (Phi) is 6.09. The molecule has 1 amide bonds. The van der Waals surface area contributed by atoms with Gasteiger partial charge >= 0.3 is 0 Å². The van der Waals surface area contributed by atoms with Crippen molar-refractivity contribution in [1.29, 1.82) is 0 Å². The minimum Gasteiger partial charge on any atom is -0.451 e. The molecule has 1 saturated heterocycles. The van der Waals surface area contributed by atoms with Gasteiger partial charge in [0, 0.05) is 42.8 Å². The number of hydrogen-bond donors (Lipinski definition) is 0. The number of anilines is 1. The zero-order valence-corrected chi connectivity index (χ0v) is 18.3. The van der Waals surface area contributed by atoms with Crippen molar-refractivity contribution in [2.75, 3.05) is 31.1 Å². The first-order valence-electron chi connectivity index (χ1n) is 9.37. The molecule has 0 saturated carbocycles. The summed E-state index contributed by atoms with van der Waals surface area (Å²) in [4.78, 5) is 27.3. The monoisotopic (exact) mass is 479 g/mol. The summed E-state index contributed by atoms with van der Waals surface area (Å²) in [5.41, 5.74) is 0.961. The maximum atomic E-state index is 12.9. The molecule has 0 bridgehead atoms. The second kappa shape index (κ2) is 8.78. The van der Waals surface area contributed by atoms with Crippen LogP contribution in [0.1, 0.15) is 10.6 Å². The highest BCUT2D eigenvalue weighted by Crippen LogP contribution is 2.36. The van der Waals surface area contributed by atoms with Gasteiger partial charge in [-0.25, -0.2) is 0 Å². The largest absolute Gasteiger partial charge is 0.451 e. The van der Waals surface area contributed by atoms with E-state index in [1.807, 2.05) is 4.90 Å². The molecule has 1 aliphatic heterocycles. The summed E-state index contributed by atoms with van der Waals surface area (Å²) < 4.78 is 5.74. The van der Waals surface area contributed by atoms with Gasteiger partial charge in [-0.15, -0.1) is 0 Å². The second-order valence-electron chi connectivity index (χ2n) is 6.93. The highest BCUT2D eigenvalue weighted by atomic mass is 35.5. The van der Waals surface area contributed by atoms with Gasteiger partial charge in [-0.2, -0.15) is 0 Å². The van der Waals surface area contributed by atoms with E-state index in [9.17, 15) is 14.9 Å². The van der Waals surface area contributed by atoms with Crippen LogP contribution in [-0.2, 0) is 0 Å². The second-order valence-corrected chi connectivity index (χ2v) is 8.18. The van der Waals surface area contributed by atoms with Crippen LogP contribution in [0.3, 0.4) is 0 Å². The van der Waals surface area contributed by atoms with Gasteiger partial charge < -0.3 is 14.2 Å². The van der Waals surface area contributed by atoms with Crippen molar-refractivity contribution >= 4 is 52.1 Å². The van der Waals surface area contributed by atoms with Crippen molar-refractivity contribution in [3.8, 4) is 11.3 Å². The van der Waals surface area contributed by atoms with E-state index in [4.69, 9.17) is 39.2 Å². The summed E-state index contributed by atoms with van der Waals surface area (Å²) in [6, 6.07) is 12.9. The van der Waals surface area contributed by atoms with Crippen LogP contribution in [0.5, 0.6) is 0 Å². The Bertz CT molecular complexity index is 1160. The van der Waals surface area contributed by atoms with Crippen LogP contribution in [0.25, 0.3) is 11.3 Å². The SMILES string of the molecule is O=C(c1ccc(-c2ccc(Cl)cc2Cl)o1)N1CCN(c2c(Cl)cccc2[N+](=O)[O-])CC1. The topological polar surface area (TPSA) is 79.8 Å². The van der Waals surface area contributed by atoms with Crippen molar-refractivity contribution in [2.45, 2.75) is 0 Å². The number of nitro groups is 1. The molecule has 0 atom stereocenters. The Morgan fingerprint density at radius 2 is 1.71 bits per heavy atom. The molecule has 2 heterocycles. The standard InChI is InChI=1S/C21H16Cl3N3O4/c22-13-4-5-14(16(24)12-13)18-6-7-19(31-18)21(28)26-10-8-25(9-11-26)20-15(23)2-1-3-17(20)27(29)30/h1-7,12H,8-11H2. The molecular weight excluding hydrogens is 465 g/mol. The maximum absolute atomic E-state index is 12.9. The first kappa shape index (κ1) is 21.5. The summed E-state index contributed by atoms with van der Waals surface area (Å²) >= 11 is 18.4. The average molecular weight is 481 g/mol. The molecule has 0 unspecified atom stereocenters. The quantitative estimate of drug-likeness (QED) is 0.349. The smallest absolute Gasteiger partial charge is 0.294 e. The van der Waals surface area contributed by atoms with E-state index in [-0.39, 0.29) is 17.4 Å². The number of halogens is 3. The summed E-state index contributed by atoms with van der Waals surface area (Å²) in [6.07, 6.45) is 0. The van der Waals surface area contributed by atoms with Gasteiger partial charge in [-0.3, -0.25) is 14.9 Å². The number of benzene rings is 2. The van der Waals surface area contributed by atoms with Gasteiger partial charge in [0.1, 0.15) is 11.4 Å². The maximum Gasteiger partial charge on any atom is 0.294 e. The van der Waals surface area contributed by atoms with Crippen LogP contribution in [0, 0.1) is 10.1 Å². The van der Waals surface area contributed by atoms with Crippen LogP contribution in [-0.4, -0.2) is 41.9 Å². The zero-order chi connectivity index (χ0) is 22.1. The number of carbonyl (C=O) groups excluding carboxylic acids is 1. The number of para-hydroxylation sites is 1. The lowest BCUT2D eigenvalue weighted by molar-refractivity contribution is -0.384. The lowest BCUT2D eigenvalue weighted by atomic mass is 10.2. The molecule has 1 aliphatic rings. The molecule has 0 spiro atoms. The fourth-order valence-electron chi connectivity index (χ4n) is 3.54. The Morgan fingerprint density at radius 1 is 0.968 bits per heavy atom. The summed E-state index contributed by atoms with van der Waals surface area (Å²) in [7, 11) is 0. The summed E-state index contributed by atoms with van der Waals surface area (Å²) in [5.74, 6) is 0.401. The third-order valence-electron chi connectivity index (χ3n) is 5.06. The third kappa shape index (κ3) is 4.35. The fourth-order valence-corrected chi connectivity index (χ4v) is 4.33. The Labute approximate surface area is 192 Å². The molecule has 3 aromatic rings. The van der Waals surface area contributed by atoms with Gasteiger partial charge in [0.15, 0.2) is 5.76 Å². The van der Waals surface area contributed by atoms with Gasteiger partial charge in [-0.1, -0.05) is 40.9 Å². The molecule has 0 radical (unpaired) electrons. The van der Waals surface area contributed by atoms with Gasteiger partial charge in [0.2, 0.25) is 0 Å². The van der Waals surface area contributed by atoms with E-state index in [0.717, 1.165) is 0 Å². The molecule has 4 rings (SSSR count). The Hall–Kier alpha value is -2.74. The van der Waals surface area contributed by atoms with E-state index >= 15 is 0 Å². The van der Waals surface area contributed by atoms with Crippen LogP contribution in [0.15, 0.2) is 52.9 Å². The third-order valence-corrected chi connectivity index (χ3v) is 5.91. The minimum absolute atomic E-state index is 0.0530. The molecule has 0 N–H and O–H groups in total. The zero-order valence-electron chi connectivity index (χ0n) is 16.1. The van der Waals surface area contributed by atoms with Crippen molar-refractivity contribution in [3.05, 3.63) is 79.5 Å². The lowest BCUT2D eigenvalue weighted by Gasteiger charge is -2.35. The Morgan fingerprint density at radius 3 is 2.39 bits per heavy atom. The number of rotatable bonds is 4. The predicted molar refractivity (Wildman–Crippen MR) is 120 cm³/mol. The fraction of sp³-hybridized carbons (Fsp3) is 0.190. The number of furan rings is 1. The van der Waals surface area contributed by atoms with Crippen LogP contribution >= 0.6 is 34.8 Å². The molecule has 160 valence electrons. The predicted octanol–water partition coefficient (Wildman–Crippen LogP) is 5.78. The first-order valence-corrected chi connectivity index (χ1v) is 10.5. The van der Waals surface area contributed by atoms with Crippen molar-refractivity contribution in [3.63, 3.8) is 0 Å². The Balaban J connectivity index is 1.47. The van der Waals surface area contributed by atoms with Gasteiger partial charge in [0.05, 0.1) is 15.0 Å². The van der Waals surface area contributed by atoms with E-state index in [2.05, 4.69) is 0 Å². The van der Waals surface area contributed by atoms with Gasteiger partial charge in [0.25, 0.3) is 11.6 Å². The van der Waals surface area contributed by atoms with Crippen molar-refractivity contribution in [1.82, 2.24) is 4.90 Å². The van der Waals surface area contributed by atoms with E-state index in [0.29, 0.717) is 58.3 Å².